The van der Waals surface area contributed by atoms with Crippen LogP contribution in [0, 0.1) is 0 Å². The van der Waals surface area contributed by atoms with E-state index in [1.165, 1.54) is 0 Å². The zero-order valence-electron chi connectivity index (χ0n) is 18.6. The molecule has 0 bridgehead atoms. The number of nitrogens with zero attached hydrogens (tertiary/aromatic N) is 1. The first kappa shape index (κ1) is 24.6. The summed E-state index contributed by atoms with van der Waals surface area (Å²) in [7, 11) is 0. The number of ether oxygens (including phenoxy) is 5. The first-order valence-electron chi connectivity index (χ1n) is 10.8. The molecule has 0 aromatic heterocycles. The van der Waals surface area contributed by atoms with Gasteiger partial charge in [-0.2, -0.15) is 0 Å². The molecule has 1 heterocycles. The summed E-state index contributed by atoms with van der Waals surface area (Å²) in [4.78, 5) is 13.8. The molecule has 2 rings (SSSR count). The fraction of sp³-hybridized carbons (Fsp3) is 0.696. The summed E-state index contributed by atoms with van der Waals surface area (Å²) in [6.45, 7) is 10.9. The summed E-state index contributed by atoms with van der Waals surface area (Å²) >= 11 is 0. The number of likely N-dealkylation sites (tertiary alicyclic amines) is 1. The summed E-state index contributed by atoms with van der Waals surface area (Å²) in [5.41, 5.74) is 0.706. The molecule has 1 fully saturated rings. The van der Waals surface area contributed by atoms with Crippen LogP contribution in [0.25, 0.3) is 0 Å². The molecule has 0 radical (unpaired) electrons. The molecule has 1 aliphatic rings. The second kappa shape index (κ2) is 13.6. The van der Waals surface area contributed by atoms with Crippen molar-refractivity contribution < 1.29 is 28.5 Å². The van der Waals surface area contributed by atoms with E-state index in [4.69, 9.17) is 23.7 Å². The summed E-state index contributed by atoms with van der Waals surface area (Å²) < 4.78 is 27.9. The molecule has 1 saturated heterocycles. The Morgan fingerprint density at radius 3 is 2.07 bits per heavy atom. The van der Waals surface area contributed by atoms with Crippen LogP contribution in [0.2, 0.25) is 0 Å². The van der Waals surface area contributed by atoms with E-state index in [-0.39, 0.29) is 12.2 Å². The van der Waals surface area contributed by atoms with Crippen molar-refractivity contribution in [3.63, 3.8) is 0 Å². The van der Waals surface area contributed by atoms with E-state index >= 15 is 0 Å². The van der Waals surface area contributed by atoms with Crippen LogP contribution in [-0.2, 0) is 30.3 Å². The Bertz CT molecular complexity index is 581. The SMILES string of the molecule is CC(C)(C)OC(=O)N1CCC(OCCOCCOCCOCc2ccccc2)CC1. The molecule has 0 aliphatic carbocycles. The van der Waals surface area contributed by atoms with E-state index in [0.29, 0.717) is 59.3 Å². The zero-order chi connectivity index (χ0) is 21.7. The van der Waals surface area contributed by atoms with Gasteiger partial charge in [0.15, 0.2) is 0 Å². The smallest absolute Gasteiger partial charge is 0.410 e. The molecular weight excluding hydrogens is 386 g/mol. The van der Waals surface area contributed by atoms with Crippen molar-refractivity contribution in [3.05, 3.63) is 35.9 Å². The minimum Gasteiger partial charge on any atom is -0.444 e. The fourth-order valence-corrected chi connectivity index (χ4v) is 3.01. The van der Waals surface area contributed by atoms with Crippen LogP contribution in [0.1, 0.15) is 39.2 Å². The molecule has 30 heavy (non-hydrogen) atoms. The van der Waals surface area contributed by atoms with E-state index < -0.39 is 5.60 Å². The Morgan fingerprint density at radius 1 is 0.900 bits per heavy atom. The van der Waals surface area contributed by atoms with E-state index in [9.17, 15) is 4.79 Å². The van der Waals surface area contributed by atoms with Gasteiger partial charge in [-0.25, -0.2) is 4.79 Å². The van der Waals surface area contributed by atoms with Crippen molar-refractivity contribution >= 4 is 6.09 Å². The zero-order valence-corrected chi connectivity index (χ0v) is 18.6. The van der Waals surface area contributed by atoms with Crippen molar-refractivity contribution in [2.75, 3.05) is 52.7 Å². The largest absolute Gasteiger partial charge is 0.444 e. The van der Waals surface area contributed by atoms with Gasteiger partial charge >= 0.3 is 6.09 Å². The Kier molecular flexibility index (Phi) is 11.1. The normalized spacial score (nSPS) is 15.4. The number of hydrogen-bond acceptors (Lipinski definition) is 6. The lowest BCUT2D eigenvalue weighted by Crippen LogP contribution is -2.43. The van der Waals surface area contributed by atoms with Crippen LogP contribution in [0.15, 0.2) is 30.3 Å². The van der Waals surface area contributed by atoms with Crippen molar-refractivity contribution in [1.29, 1.82) is 0 Å². The van der Waals surface area contributed by atoms with E-state index in [1.54, 1.807) is 4.90 Å². The van der Waals surface area contributed by atoms with E-state index in [1.807, 2.05) is 51.1 Å². The molecule has 0 atom stereocenters. The number of benzene rings is 1. The molecule has 0 spiro atoms. The van der Waals surface area contributed by atoms with Gasteiger partial charge in [0.2, 0.25) is 0 Å². The maximum absolute atomic E-state index is 12.1. The number of amides is 1. The second-order valence-corrected chi connectivity index (χ2v) is 8.30. The Balaban J connectivity index is 1.37. The maximum atomic E-state index is 12.1. The number of carbonyl (C=O) groups excluding carboxylic acids is 1. The number of rotatable bonds is 12. The second-order valence-electron chi connectivity index (χ2n) is 8.30. The highest BCUT2D eigenvalue weighted by Crippen LogP contribution is 2.17. The van der Waals surface area contributed by atoms with Gasteiger partial charge in [0.25, 0.3) is 0 Å². The predicted molar refractivity (Wildman–Crippen MR) is 115 cm³/mol. The van der Waals surface area contributed by atoms with Crippen molar-refractivity contribution in [3.8, 4) is 0 Å². The highest BCUT2D eigenvalue weighted by molar-refractivity contribution is 5.68. The van der Waals surface area contributed by atoms with Crippen LogP contribution < -0.4 is 0 Å². The van der Waals surface area contributed by atoms with Crippen LogP contribution >= 0.6 is 0 Å². The van der Waals surface area contributed by atoms with Crippen molar-refractivity contribution in [1.82, 2.24) is 4.90 Å². The topological polar surface area (TPSA) is 66.5 Å². The lowest BCUT2D eigenvalue weighted by Gasteiger charge is -2.33. The third-order valence-electron chi connectivity index (χ3n) is 4.53. The molecule has 1 amide bonds. The molecule has 170 valence electrons. The molecule has 0 saturated carbocycles. The van der Waals surface area contributed by atoms with Crippen LogP contribution in [0.4, 0.5) is 4.79 Å². The number of hydrogen-bond donors (Lipinski definition) is 0. The van der Waals surface area contributed by atoms with Gasteiger partial charge in [-0.15, -0.1) is 0 Å². The third kappa shape index (κ3) is 10.9. The lowest BCUT2D eigenvalue weighted by molar-refractivity contribution is -0.0385. The summed E-state index contributed by atoms with van der Waals surface area (Å²) in [5.74, 6) is 0. The fourth-order valence-electron chi connectivity index (χ4n) is 3.01. The Hall–Kier alpha value is -1.67. The molecule has 7 nitrogen and oxygen atoms in total. The monoisotopic (exact) mass is 423 g/mol. The van der Waals surface area contributed by atoms with Crippen molar-refractivity contribution in [2.24, 2.45) is 0 Å². The summed E-state index contributed by atoms with van der Waals surface area (Å²) in [5, 5.41) is 0. The summed E-state index contributed by atoms with van der Waals surface area (Å²) in [6, 6.07) is 10.1. The molecule has 0 unspecified atom stereocenters. The molecule has 7 heteroatoms. The van der Waals surface area contributed by atoms with E-state index in [2.05, 4.69) is 0 Å². The Labute approximate surface area is 180 Å². The van der Waals surface area contributed by atoms with Gasteiger partial charge in [-0.3, -0.25) is 0 Å². The maximum Gasteiger partial charge on any atom is 0.410 e. The van der Waals surface area contributed by atoms with Crippen LogP contribution in [0.5, 0.6) is 0 Å². The Morgan fingerprint density at radius 2 is 1.47 bits per heavy atom. The van der Waals surface area contributed by atoms with Crippen molar-refractivity contribution in [2.45, 2.75) is 51.9 Å². The van der Waals surface area contributed by atoms with E-state index in [0.717, 1.165) is 18.4 Å². The predicted octanol–water partition coefficient (Wildman–Crippen LogP) is 3.65. The quantitative estimate of drug-likeness (QED) is 0.478. The van der Waals surface area contributed by atoms with Gasteiger partial charge in [0, 0.05) is 13.1 Å². The molecule has 1 aromatic rings. The highest BCUT2D eigenvalue weighted by atomic mass is 16.6. The molecule has 0 N–H and O–H groups in total. The average molecular weight is 424 g/mol. The minimum atomic E-state index is -0.458. The highest BCUT2D eigenvalue weighted by Gasteiger charge is 2.27. The lowest BCUT2D eigenvalue weighted by atomic mass is 10.1. The van der Waals surface area contributed by atoms with Gasteiger partial charge in [0.1, 0.15) is 5.60 Å². The molecule has 1 aromatic carbocycles. The standard InChI is InChI=1S/C23H37NO6/c1-23(2,3)30-22(25)24-11-9-21(10-12-24)29-18-17-27-14-13-26-15-16-28-19-20-7-5-4-6-8-20/h4-8,21H,9-19H2,1-3H3. The summed E-state index contributed by atoms with van der Waals surface area (Å²) in [6.07, 6.45) is 1.58. The number of carbonyl (C=O) groups is 1. The van der Waals surface area contributed by atoms with Gasteiger partial charge in [-0.05, 0) is 39.2 Å². The van der Waals surface area contributed by atoms with Gasteiger partial charge in [0.05, 0.1) is 52.4 Å². The minimum absolute atomic E-state index is 0.172. The van der Waals surface area contributed by atoms with Crippen LogP contribution in [0.3, 0.4) is 0 Å². The first-order valence-corrected chi connectivity index (χ1v) is 10.8. The average Bonchev–Trinajstić information content (AvgIpc) is 2.72. The molecular formula is C23H37NO6. The molecule has 1 aliphatic heterocycles. The van der Waals surface area contributed by atoms with Gasteiger partial charge < -0.3 is 28.6 Å². The first-order chi connectivity index (χ1) is 14.4. The van der Waals surface area contributed by atoms with Gasteiger partial charge in [-0.1, -0.05) is 30.3 Å². The third-order valence-corrected chi connectivity index (χ3v) is 4.53. The number of piperidine rings is 1. The van der Waals surface area contributed by atoms with Crippen LogP contribution in [-0.4, -0.2) is 75.4 Å².